The van der Waals surface area contributed by atoms with Gasteiger partial charge < -0.3 is 4.90 Å². The third-order valence-corrected chi connectivity index (χ3v) is 9.00. The molecule has 6 rings (SSSR count). The van der Waals surface area contributed by atoms with Gasteiger partial charge in [0.15, 0.2) is 0 Å². The number of likely N-dealkylation sites (tertiary alicyclic amines) is 2. The van der Waals surface area contributed by atoms with Gasteiger partial charge in [0, 0.05) is 44.1 Å². The third-order valence-electron chi connectivity index (χ3n) is 9.00. The normalized spacial score (nSPS) is 21.6. The Hall–Kier alpha value is -3.20. The van der Waals surface area contributed by atoms with E-state index >= 15 is 0 Å². The maximum absolute atomic E-state index is 13.8. The van der Waals surface area contributed by atoms with Crippen LogP contribution in [0.2, 0.25) is 0 Å². The van der Waals surface area contributed by atoms with Crippen LogP contribution in [-0.2, 0) is 18.1 Å². The lowest BCUT2D eigenvalue weighted by Gasteiger charge is -2.33. The van der Waals surface area contributed by atoms with Gasteiger partial charge in [0.2, 0.25) is 0 Å². The van der Waals surface area contributed by atoms with Crippen molar-refractivity contribution < 1.29 is 22.4 Å². The average Bonchev–Trinajstić information content (AvgIpc) is 3.32. The van der Waals surface area contributed by atoms with Crippen LogP contribution in [0, 0.1) is 5.82 Å². The lowest BCUT2D eigenvalue weighted by Crippen LogP contribution is -2.36. The largest absolute Gasteiger partial charge is 0.416 e. The number of carbonyl (C=O) groups excluding carboxylic acids is 1. The van der Waals surface area contributed by atoms with Gasteiger partial charge in [0.05, 0.1) is 29.1 Å². The topological polar surface area (TPSA) is 41.4 Å². The molecule has 0 radical (unpaired) electrons. The van der Waals surface area contributed by atoms with E-state index in [4.69, 9.17) is 5.10 Å². The number of amides is 1. The van der Waals surface area contributed by atoms with Crippen molar-refractivity contribution in [2.75, 3.05) is 26.2 Å². The van der Waals surface area contributed by atoms with Crippen molar-refractivity contribution in [3.63, 3.8) is 0 Å². The van der Waals surface area contributed by atoms with Gasteiger partial charge in [-0.3, -0.25) is 14.4 Å². The average molecular weight is 555 g/mol. The summed E-state index contributed by atoms with van der Waals surface area (Å²) in [6.07, 6.45) is 1.56. The number of rotatable bonds is 6. The van der Waals surface area contributed by atoms with Crippen LogP contribution in [-0.4, -0.2) is 51.7 Å². The summed E-state index contributed by atoms with van der Waals surface area (Å²) in [6, 6.07) is 12.5. The molecule has 0 N–H and O–H groups in total. The van der Waals surface area contributed by atoms with Gasteiger partial charge in [-0.1, -0.05) is 37.3 Å². The van der Waals surface area contributed by atoms with Crippen LogP contribution in [0.3, 0.4) is 0 Å². The van der Waals surface area contributed by atoms with Gasteiger partial charge >= 0.3 is 6.18 Å². The van der Waals surface area contributed by atoms with Crippen molar-refractivity contribution >= 4 is 5.91 Å². The van der Waals surface area contributed by atoms with Crippen molar-refractivity contribution in [2.45, 2.75) is 69.1 Å². The monoisotopic (exact) mass is 554 g/mol. The molecule has 2 saturated heterocycles. The molecule has 0 bridgehead atoms. The fourth-order valence-electron chi connectivity index (χ4n) is 6.47. The second-order valence-electron chi connectivity index (χ2n) is 11.9. The second-order valence-corrected chi connectivity index (χ2v) is 11.9. The lowest BCUT2D eigenvalue weighted by atomic mass is 9.93. The van der Waals surface area contributed by atoms with Gasteiger partial charge in [-0.05, 0) is 61.4 Å². The van der Waals surface area contributed by atoms with Crippen molar-refractivity contribution in [1.29, 1.82) is 0 Å². The molecule has 1 atom stereocenters. The van der Waals surface area contributed by atoms with Crippen LogP contribution < -0.4 is 0 Å². The SMILES string of the molecule is CC1(c2c(C(=O)N3CCC(c4ccccc4C(F)(F)F)C3)cnn2C2CCN(Cc3ccc(F)cc3)CC2)CC1. The fourth-order valence-corrected chi connectivity index (χ4v) is 6.47. The molecule has 3 fully saturated rings. The minimum Gasteiger partial charge on any atom is -0.338 e. The highest BCUT2D eigenvalue weighted by Crippen LogP contribution is 2.50. The Morgan fingerprint density at radius 2 is 1.70 bits per heavy atom. The van der Waals surface area contributed by atoms with E-state index in [1.165, 1.54) is 18.2 Å². The Balaban J connectivity index is 1.17. The Kier molecular flexibility index (Phi) is 6.97. The number of benzene rings is 2. The first kappa shape index (κ1) is 27.0. The summed E-state index contributed by atoms with van der Waals surface area (Å²) in [5, 5.41) is 4.74. The van der Waals surface area contributed by atoms with Crippen LogP contribution in [0.4, 0.5) is 17.6 Å². The number of alkyl halides is 3. The maximum Gasteiger partial charge on any atom is 0.416 e. The van der Waals surface area contributed by atoms with Crippen LogP contribution in [0.15, 0.2) is 54.7 Å². The Morgan fingerprint density at radius 3 is 2.38 bits per heavy atom. The highest BCUT2D eigenvalue weighted by molar-refractivity contribution is 5.96. The molecular formula is C31H34F4N4O. The van der Waals surface area contributed by atoms with E-state index in [2.05, 4.69) is 16.5 Å². The van der Waals surface area contributed by atoms with E-state index in [0.29, 0.717) is 18.5 Å². The molecule has 3 heterocycles. The van der Waals surface area contributed by atoms with Crippen LogP contribution in [0.5, 0.6) is 0 Å². The van der Waals surface area contributed by atoms with Crippen LogP contribution >= 0.6 is 0 Å². The number of nitrogens with zero attached hydrogens (tertiary/aromatic N) is 4. The number of hydrogen-bond acceptors (Lipinski definition) is 3. The molecule has 1 aromatic heterocycles. The molecule has 9 heteroatoms. The van der Waals surface area contributed by atoms with Gasteiger partial charge in [-0.25, -0.2) is 4.39 Å². The molecular weight excluding hydrogens is 520 g/mol. The number of aromatic nitrogens is 2. The van der Waals surface area contributed by atoms with Crippen molar-refractivity contribution in [2.24, 2.45) is 0 Å². The molecule has 2 aromatic carbocycles. The first-order valence-corrected chi connectivity index (χ1v) is 14.1. The summed E-state index contributed by atoms with van der Waals surface area (Å²) < 4.78 is 56.2. The number of piperidine rings is 1. The third kappa shape index (κ3) is 5.28. The summed E-state index contributed by atoms with van der Waals surface area (Å²) in [4.78, 5) is 17.9. The predicted molar refractivity (Wildman–Crippen MR) is 143 cm³/mol. The summed E-state index contributed by atoms with van der Waals surface area (Å²) in [6.45, 7) is 5.41. The zero-order valence-corrected chi connectivity index (χ0v) is 22.6. The van der Waals surface area contributed by atoms with Gasteiger partial charge in [0.25, 0.3) is 5.91 Å². The van der Waals surface area contributed by atoms with E-state index in [1.807, 2.05) is 12.1 Å². The van der Waals surface area contributed by atoms with Gasteiger partial charge in [-0.2, -0.15) is 18.3 Å². The standard InChI is InChI=1S/C31H34F4N4O/c1-30(13-14-30)28-26(29(40)38-17-10-22(20-38)25-4-2-3-5-27(25)31(33,34)35)18-36-39(28)24-11-15-37(16-12-24)19-21-6-8-23(32)9-7-21/h2-9,18,22,24H,10-17,19-20H2,1H3. The molecule has 3 aliphatic rings. The van der Waals surface area contributed by atoms with Crippen molar-refractivity contribution in [3.8, 4) is 0 Å². The Bertz CT molecular complexity index is 1370. The quantitative estimate of drug-likeness (QED) is 0.324. The molecule has 3 aromatic rings. The van der Waals surface area contributed by atoms with Crippen molar-refractivity contribution in [1.82, 2.24) is 19.6 Å². The second kappa shape index (κ2) is 10.3. The van der Waals surface area contributed by atoms with Crippen LogP contribution in [0.1, 0.15) is 83.7 Å². The van der Waals surface area contributed by atoms with E-state index in [9.17, 15) is 22.4 Å². The zero-order valence-electron chi connectivity index (χ0n) is 22.6. The summed E-state index contributed by atoms with van der Waals surface area (Å²) in [5.41, 5.74) is 2.21. The summed E-state index contributed by atoms with van der Waals surface area (Å²) >= 11 is 0. The molecule has 2 aliphatic heterocycles. The van der Waals surface area contributed by atoms with Gasteiger partial charge in [-0.15, -0.1) is 0 Å². The summed E-state index contributed by atoms with van der Waals surface area (Å²) in [5.74, 6) is -0.708. The van der Waals surface area contributed by atoms with E-state index in [-0.39, 0.29) is 41.2 Å². The Morgan fingerprint density at radius 1 is 1.00 bits per heavy atom. The van der Waals surface area contributed by atoms with Crippen LogP contribution in [0.25, 0.3) is 0 Å². The minimum absolute atomic E-state index is 0.102. The molecule has 5 nitrogen and oxygen atoms in total. The van der Waals surface area contributed by atoms with E-state index < -0.39 is 11.7 Å². The molecule has 40 heavy (non-hydrogen) atoms. The first-order valence-electron chi connectivity index (χ1n) is 14.1. The van der Waals surface area contributed by atoms with Crippen molar-refractivity contribution in [3.05, 3.63) is 88.5 Å². The van der Waals surface area contributed by atoms with Gasteiger partial charge in [0.1, 0.15) is 5.82 Å². The molecule has 212 valence electrons. The summed E-state index contributed by atoms with van der Waals surface area (Å²) in [7, 11) is 0. The molecule has 1 aliphatic carbocycles. The minimum atomic E-state index is -4.42. The highest BCUT2D eigenvalue weighted by atomic mass is 19.4. The van der Waals surface area contributed by atoms with E-state index in [1.54, 1.807) is 23.2 Å². The number of hydrogen-bond donors (Lipinski definition) is 0. The fraction of sp³-hybridized carbons (Fsp3) is 0.484. The zero-order chi connectivity index (χ0) is 28.1. The molecule has 0 spiro atoms. The van der Waals surface area contributed by atoms with E-state index in [0.717, 1.165) is 62.6 Å². The smallest absolute Gasteiger partial charge is 0.338 e. The predicted octanol–water partition coefficient (Wildman–Crippen LogP) is 6.56. The number of carbonyl (C=O) groups is 1. The molecule has 1 amide bonds. The Labute approximate surface area is 231 Å². The lowest BCUT2D eigenvalue weighted by molar-refractivity contribution is -0.138. The first-order chi connectivity index (χ1) is 19.1. The number of halogens is 4. The molecule has 1 unspecified atom stereocenters. The highest BCUT2D eigenvalue weighted by Gasteiger charge is 2.47. The maximum atomic E-state index is 13.8. The molecule has 1 saturated carbocycles.